The minimum absolute atomic E-state index is 0.0339. The first-order chi connectivity index (χ1) is 13.4. The Balaban J connectivity index is 2.41. The third-order valence-corrected chi connectivity index (χ3v) is 4.61. The van der Waals surface area contributed by atoms with E-state index in [9.17, 15) is 0 Å². The lowest BCUT2D eigenvalue weighted by atomic mass is 9.81. The molecule has 2 rings (SSSR count). The van der Waals surface area contributed by atoms with Gasteiger partial charge in [0, 0.05) is 17.4 Å². The highest BCUT2D eigenvalue weighted by Crippen LogP contribution is 2.34. The lowest BCUT2D eigenvalue weighted by Gasteiger charge is -2.27. The van der Waals surface area contributed by atoms with Crippen molar-refractivity contribution in [3.05, 3.63) is 59.7 Å². The molecule has 3 N–H and O–H groups in total. The summed E-state index contributed by atoms with van der Waals surface area (Å²) in [5.74, 6) is 0.798. The van der Waals surface area contributed by atoms with Gasteiger partial charge < -0.3 is 10.6 Å². The molecule has 0 saturated carbocycles. The van der Waals surface area contributed by atoms with Crippen LogP contribution < -0.4 is 10.6 Å². The Morgan fingerprint density at radius 2 is 1.48 bits per heavy atom. The van der Waals surface area contributed by atoms with Crippen LogP contribution in [0, 0.1) is 5.41 Å². The summed E-state index contributed by atoms with van der Waals surface area (Å²) >= 11 is 0. The van der Waals surface area contributed by atoms with Crippen molar-refractivity contribution in [3.8, 4) is 0 Å². The molecule has 2 aromatic rings. The van der Waals surface area contributed by atoms with E-state index >= 15 is 0 Å². The molecule has 4 nitrogen and oxygen atoms in total. The lowest BCUT2D eigenvalue weighted by molar-refractivity contribution is 0.579. The molecule has 0 amide bonds. The fraction of sp³-hybridized carbons (Fsp3) is 0.440. The van der Waals surface area contributed by atoms with E-state index in [0.29, 0.717) is 5.84 Å². The quantitative estimate of drug-likeness (QED) is 0.407. The lowest BCUT2D eigenvalue weighted by Crippen LogP contribution is -2.31. The third-order valence-electron chi connectivity index (χ3n) is 4.61. The summed E-state index contributed by atoms with van der Waals surface area (Å²) in [5.41, 5.74) is 4.28. The molecule has 0 aliphatic rings. The highest BCUT2D eigenvalue weighted by molar-refractivity contribution is 6.47. The zero-order chi connectivity index (χ0) is 21.8. The Labute approximate surface area is 176 Å². The molecule has 0 fully saturated rings. The van der Waals surface area contributed by atoms with E-state index in [1.807, 2.05) is 44.2 Å². The maximum absolute atomic E-state index is 8.75. The van der Waals surface area contributed by atoms with E-state index in [-0.39, 0.29) is 22.7 Å². The van der Waals surface area contributed by atoms with E-state index in [2.05, 4.69) is 75.4 Å². The first-order valence-corrected chi connectivity index (χ1v) is 10.3. The van der Waals surface area contributed by atoms with Gasteiger partial charge in [-0.1, -0.05) is 71.9 Å². The van der Waals surface area contributed by atoms with Crippen molar-refractivity contribution in [2.24, 2.45) is 4.99 Å². The molecule has 4 heteroatoms. The van der Waals surface area contributed by atoms with Crippen molar-refractivity contribution < 1.29 is 0 Å². The van der Waals surface area contributed by atoms with Gasteiger partial charge in [-0.05, 0) is 54.0 Å². The van der Waals surface area contributed by atoms with Crippen LogP contribution in [0.5, 0.6) is 0 Å². The van der Waals surface area contributed by atoms with Crippen LogP contribution in [0.2, 0.25) is 0 Å². The normalized spacial score (nSPS) is 12.8. The number of aliphatic imine (C=N–C) groups is 1. The van der Waals surface area contributed by atoms with E-state index in [1.165, 1.54) is 11.1 Å². The zero-order valence-electron chi connectivity index (χ0n) is 19.1. The minimum Gasteiger partial charge on any atom is -0.337 e. The number of rotatable bonds is 3. The first-order valence-electron chi connectivity index (χ1n) is 10.3. The second-order valence-corrected chi connectivity index (χ2v) is 9.82. The van der Waals surface area contributed by atoms with E-state index in [1.54, 1.807) is 0 Å². The predicted molar refractivity (Wildman–Crippen MR) is 128 cm³/mol. The van der Waals surface area contributed by atoms with Gasteiger partial charge in [0.2, 0.25) is 0 Å². The van der Waals surface area contributed by atoms with Gasteiger partial charge >= 0.3 is 0 Å². The predicted octanol–water partition coefficient (Wildman–Crippen LogP) is 6.59. The number of nitrogens with zero attached hydrogens (tertiary/aromatic N) is 1. The Morgan fingerprint density at radius 1 is 0.862 bits per heavy atom. The molecule has 0 radical (unpaired) electrons. The first kappa shape index (κ1) is 22.7. The maximum Gasteiger partial charge on any atom is 0.168 e. The topological polar surface area (TPSA) is 60.3 Å². The molecule has 156 valence electrons. The summed E-state index contributed by atoms with van der Waals surface area (Å²) in [5, 5.41) is 15.4. The zero-order valence-corrected chi connectivity index (χ0v) is 19.1. The summed E-state index contributed by atoms with van der Waals surface area (Å²) in [6.07, 6.45) is 0. The van der Waals surface area contributed by atoms with E-state index < -0.39 is 0 Å². The third kappa shape index (κ3) is 6.45. The molecule has 0 aliphatic heterocycles. The molecule has 0 unspecified atom stereocenters. The second kappa shape index (κ2) is 8.81. The van der Waals surface area contributed by atoms with Crippen LogP contribution >= 0.6 is 0 Å². The van der Waals surface area contributed by atoms with Crippen LogP contribution in [0.3, 0.4) is 0 Å². The van der Waals surface area contributed by atoms with Crippen LogP contribution in [0.4, 0.5) is 11.4 Å². The molecular weight excluding hydrogens is 356 g/mol. The van der Waals surface area contributed by atoms with Crippen molar-refractivity contribution in [1.29, 1.82) is 5.41 Å². The molecule has 29 heavy (non-hydrogen) atoms. The largest absolute Gasteiger partial charge is 0.337 e. The number of anilines is 2. The highest BCUT2D eigenvalue weighted by Gasteiger charge is 2.23. The van der Waals surface area contributed by atoms with Gasteiger partial charge in [0.1, 0.15) is 0 Å². The highest BCUT2D eigenvalue weighted by atomic mass is 15.1. The minimum atomic E-state index is -0.0404. The van der Waals surface area contributed by atoms with Crippen molar-refractivity contribution in [2.75, 3.05) is 10.6 Å². The Kier molecular flexibility index (Phi) is 6.89. The molecule has 0 aliphatic carbocycles. The Morgan fingerprint density at radius 3 is 2.00 bits per heavy atom. The molecule has 0 heterocycles. The van der Waals surface area contributed by atoms with Gasteiger partial charge in [0.15, 0.2) is 11.7 Å². The molecule has 2 aromatic carbocycles. The van der Waals surface area contributed by atoms with Crippen LogP contribution in [0.25, 0.3) is 0 Å². The fourth-order valence-corrected chi connectivity index (χ4v) is 3.04. The average Bonchev–Trinajstić information content (AvgIpc) is 2.60. The summed E-state index contributed by atoms with van der Waals surface area (Å²) in [6.45, 7) is 17.2. The van der Waals surface area contributed by atoms with Crippen LogP contribution in [0.15, 0.2) is 53.5 Å². The Bertz CT molecular complexity index is 866. The maximum atomic E-state index is 8.75. The number of para-hydroxylation sites is 1. The summed E-state index contributed by atoms with van der Waals surface area (Å²) in [6, 6.07) is 16.5. The van der Waals surface area contributed by atoms with Crippen LogP contribution in [0.1, 0.15) is 66.5 Å². The van der Waals surface area contributed by atoms with Crippen molar-refractivity contribution in [1.82, 2.24) is 0 Å². The molecular formula is C25H36N4. The summed E-state index contributed by atoms with van der Waals surface area (Å²) in [4.78, 5) is 4.65. The molecule has 0 saturated heterocycles. The van der Waals surface area contributed by atoms with Gasteiger partial charge in [-0.2, -0.15) is 0 Å². The van der Waals surface area contributed by atoms with E-state index in [0.717, 1.165) is 11.4 Å². The number of hydrogen-bond donors (Lipinski definition) is 3. The number of nitrogens with one attached hydrogen (secondary N) is 3. The van der Waals surface area contributed by atoms with Crippen molar-refractivity contribution in [3.63, 3.8) is 0 Å². The second-order valence-electron chi connectivity index (χ2n) is 9.82. The summed E-state index contributed by atoms with van der Waals surface area (Å²) in [7, 11) is 0. The van der Waals surface area contributed by atoms with Crippen molar-refractivity contribution >= 4 is 23.0 Å². The average molecular weight is 393 g/mol. The van der Waals surface area contributed by atoms with E-state index in [4.69, 9.17) is 5.41 Å². The molecule has 0 bridgehead atoms. The number of amidine groups is 2. The van der Waals surface area contributed by atoms with Gasteiger partial charge in [-0.25, -0.2) is 0 Å². The van der Waals surface area contributed by atoms with Gasteiger partial charge in [0.25, 0.3) is 0 Å². The van der Waals surface area contributed by atoms with Gasteiger partial charge in [-0.15, -0.1) is 0 Å². The number of hydrogen-bond acceptors (Lipinski definition) is 2. The van der Waals surface area contributed by atoms with Gasteiger partial charge in [0.05, 0.1) is 0 Å². The van der Waals surface area contributed by atoms with Crippen LogP contribution in [-0.2, 0) is 10.8 Å². The Hall–Kier alpha value is -2.62. The smallest absolute Gasteiger partial charge is 0.168 e. The number of benzene rings is 2. The monoisotopic (exact) mass is 392 g/mol. The fourth-order valence-electron chi connectivity index (χ4n) is 3.04. The van der Waals surface area contributed by atoms with Crippen LogP contribution in [-0.4, -0.2) is 17.7 Å². The van der Waals surface area contributed by atoms with Crippen molar-refractivity contribution in [2.45, 2.75) is 72.3 Å². The summed E-state index contributed by atoms with van der Waals surface area (Å²) < 4.78 is 0. The molecule has 0 aromatic heterocycles. The molecule has 0 spiro atoms. The standard InChI is InChI=1S/C25H36N4/c1-17(2)27-23(28-19-12-10-9-11-13-19)22(26)29-21-16-18(24(3,4)5)14-15-20(21)25(6,7)8/h9-17H,1-8H3,(H2,26,29)(H,27,28). The molecule has 0 atom stereocenters. The van der Waals surface area contributed by atoms with Gasteiger partial charge in [-0.3, -0.25) is 10.4 Å². The SMILES string of the molecule is CC(C)/N=C(/Nc1ccccc1)C(=N)Nc1cc(C(C)(C)C)ccc1C(C)(C)C.